The van der Waals surface area contributed by atoms with Gasteiger partial charge in [-0.05, 0) is 24.3 Å². The summed E-state index contributed by atoms with van der Waals surface area (Å²) in [5.74, 6) is 0. The number of nitrogens with zero attached hydrogens (tertiary/aromatic N) is 2. The van der Waals surface area contributed by atoms with Crippen molar-refractivity contribution < 1.29 is 8.42 Å². The highest BCUT2D eigenvalue weighted by atomic mass is 79.9. The van der Waals surface area contributed by atoms with Gasteiger partial charge in [0.25, 0.3) is 10.0 Å². The molecule has 2 N–H and O–H groups in total. The number of rotatable bonds is 3. The Morgan fingerprint density at radius 3 is 2.68 bits per heavy atom. The number of hydrogen-bond donors (Lipinski definition) is 1. The summed E-state index contributed by atoms with van der Waals surface area (Å²) in [7, 11) is -2.18. The van der Waals surface area contributed by atoms with E-state index in [2.05, 4.69) is 20.9 Å². The van der Waals surface area contributed by atoms with Gasteiger partial charge in [0.15, 0.2) is 0 Å². The Bertz CT molecular complexity index is 704. The third kappa shape index (κ3) is 2.71. The van der Waals surface area contributed by atoms with Gasteiger partial charge in [-0.1, -0.05) is 22.0 Å². The van der Waals surface area contributed by atoms with Gasteiger partial charge in [0.2, 0.25) is 0 Å². The summed E-state index contributed by atoms with van der Waals surface area (Å²) in [6.07, 6.45) is 2.92. The summed E-state index contributed by atoms with van der Waals surface area (Å²) in [5, 5.41) is 0. The molecule has 0 spiro atoms. The number of halogens is 1. The standard InChI is InChI=1S/C12H12BrN3O2S/c1-16(12-5-6-15-8-11(12)14)19(17,18)10-4-2-3-9(13)7-10/h2-8H,14H2,1H3. The highest BCUT2D eigenvalue weighted by molar-refractivity contribution is 9.10. The van der Waals surface area contributed by atoms with Crippen molar-refractivity contribution in [2.75, 3.05) is 17.1 Å². The summed E-state index contributed by atoms with van der Waals surface area (Å²) >= 11 is 3.26. The highest BCUT2D eigenvalue weighted by Gasteiger charge is 2.22. The third-order valence-corrected chi connectivity index (χ3v) is 4.88. The molecule has 0 bridgehead atoms. The van der Waals surface area contributed by atoms with E-state index >= 15 is 0 Å². The lowest BCUT2D eigenvalue weighted by Gasteiger charge is -2.20. The lowest BCUT2D eigenvalue weighted by atomic mass is 10.3. The molecule has 0 saturated heterocycles. The Labute approximate surface area is 120 Å². The molecular weight excluding hydrogens is 330 g/mol. The van der Waals surface area contributed by atoms with Crippen LogP contribution in [0.25, 0.3) is 0 Å². The van der Waals surface area contributed by atoms with Crippen molar-refractivity contribution >= 4 is 37.3 Å². The van der Waals surface area contributed by atoms with Gasteiger partial charge in [-0.25, -0.2) is 8.42 Å². The maximum absolute atomic E-state index is 12.5. The Morgan fingerprint density at radius 1 is 1.32 bits per heavy atom. The second-order valence-corrected chi connectivity index (χ2v) is 6.75. The number of hydrogen-bond acceptors (Lipinski definition) is 4. The molecule has 19 heavy (non-hydrogen) atoms. The maximum Gasteiger partial charge on any atom is 0.264 e. The fourth-order valence-corrected chi connectivity index (χ4v) is 3.42. The topological polar surface area (TPSA) is 76.3 Å². The average Bonchev–Trinajstić information content (AvgIpc) is 2.38. The molecule has 1 aromatic carbocycles. The van der Waals surface area contributed by atoms with E-state index in [1.807, 2.05) is 0 Å². The van der Waals surface area contributed by atoms with Crippen LogP contribution < -0.4 is 10.0 Å². The summed E-state index contributed by atoms with van der Waals surface area (Å²) < 4.78 is 26.8. The van der Waals surface area contributed by atoms with E-state index in [1.54, 1.807) is 24.3 Å². The Kier molecular flexibility index (Phi) is 3.77. The molecule has 7 heteroatoms. The molecular formula is C12H12BrN3O2S. The van der Waals surface area contributed by atoms with E-state index in [1.165, 1.54) is 25.5 Å². The summed E-state index contributed by atoms with van der Waals surface area (Å²) in [5.41, 5.74) is 6.46. The highest BCUT2D eigenvalue weighted by Crippen LogP contribution is 2.27. The van der Waals surface area contributed by atoms with E-state index in [0.29, 0.717) is 15.8 Å². The fraction of sp³-hybridized carbons (Fsp3) is 0.0833. The Balaban J connectivity index is 2.49. The van der Waals surface area contributed by atoms with Crippen molar-refractivity contribution in [3.8, 4) is 0 Å². The molecule has 5 nitrogen and oxygen atoms in total. The summed E-state index contributed by atoms with van der Waals surface area (Å²) in [6, 6.07) is 8.07. The second kappa shape index (κ2) is 5.18. The summed E-state index contributed by atoms with van der Waals surface area (Å²) in [4.78, 5) is 4.04. The van der Waals surface area contributed by atoms with Gasteiger partial charge in [0, 0.05) is 17.7 Å². The van der Waals surface area contributed by atoms with Crippen molar-refractivity contribution in [3.05, 3.63) is 47.2 Å². The zero-order valence-corrected chi connectivity index (χ0v) is 12.5. The number of nitrogens with two attached hydrogens (primary N) is 1. The van der Waals surface area contributed by atoms with Crippen LogP contribution in [0.1, 0.15) is 0 Å². The number of sulfonamides is 1. The number of benzene rings is 1. The van der Waals surface area contributed by atoms with E-state index in [9.17, 15) is 8.42 Å². The normalized spacial score (nSPS) is 11.3. The van der Waals surface area contributed by atoms with Crippen molar-refractivity contribution in [2.24, 2.45) is 0 Å². The van der Waals surface area contributed by atoms with Crippen LogP contribution in [-0.4, -0.2) is 20.4 Å². The molecule has 2 aromatic rings. The van der Waals surface area contributed by atoms with Crippen LogP contribution in [-0.2, 0) is 10.0 Å². The van der Waals surface area contributed by atoms with Crippen LogP contribution in [0, 0.1) is 0 Å². The van der Waals surface area contributed by atoms with Crippen LogP contribution in [0.4, 0.5) is 11.4 Å². The van der Waals surface area contributed by atoms with Crippen molar-refractivity contribution in [2.45, 2.75) is 4.90 Å². The van der Waals surface area contributed by atoms with Gasteiger partial charge in [0.05, 0.1) is 22.5 Å². The molecule has 1 aromatic heterocycles. The van der Waals surface area contributed by atoms with E-state index in [0.717, 1.165) is 4.31 Å². The molecule has 0 radical (unpaired) electrons. The molecule has 1 heterocycles. The van der Waals surface area contributed by atoms with Gasteiger partial charge < -0.3 is 5.73 Å². The first-order valence-corrected chi connectivity index (χ1v) is 7.60. The lowest BCUT2D eigenvalue weighted by Crippen LogP contribution is -2.27. The number of pyridine rings is 1. The molecule has 0 aliphatic rings. The molecule has 0 atom stereocenters. The Morgan fingerprint density at radius 2 is 2.05 bits per heavy atom. The summed E-state index contributed by atoms with van der Waals surface area (Å²) in [6.45, 7) is 0. The molecule has 100 valence electrons. The minimum absolute atomic E-state index is 0.195. The van der Waals surface area contributed by atoms with Crippen LogP contribution in [0.15, 0.2) is 52.1 Å². The first kappa shape index (κ1) is 13.8. The monoisotopic (exact) mass is 341 g/mol. The minimum atomic E-state index is -3.64. The first-order valence-electron chi connectivity index (χ1n) is 5.37. The maximum atomic E-state index is 12.5. The van der Waals surface area contributed by atoms with Crippen LogP contribution in [0.5, 0.6) is 0 Å². The van der Waals surface area contributed by atoms with Gasteiger partial charge in [-0.15, -0.1) is 0 Å². The zero-order chi connectivity index (χ0) is 14.0. The molecule has 0 aliphatic carbocycles. The average molecular weight is 342 g/mol. The van der Waals surface area contributed by atoms with Gasteiger partial charge in [0.1, 0.15) is 0 Å². The molecule has 0 saturated carbocycles. The second-order valence-electron chi connectivity index (χ2n) is 3.86. The fourth-order valence-electron chi connectivity index (χ4n) is 1.60. The predicted molar refractivity (Wildman–Crippen MR) is 78.4 cm³/mol. The molecule has 0 aliphatic heterocycles. The van der Waals surface area contributed by atoms with Gasteiger partial charge in [-0.3, -0.25) is 9.29 Å². The van der Waals surface area contributed by atoms with Crippen LogP contribution in [0.3, 0.4) is 0 Å². The van der Waals surface area contributed by atoms with E-state index in [4.69, 9.17) is 5.73 Å². The Hall–Kier alpha value is -1.60. The van der Waals surface area contributed by atoms with Gasteiger partial charge >= 0.3 is 0 Å². The molecule has 0 fully saturated rings. The van der Waals surface area contributed by atoms with E-state index < -0.39 is 10.0 Å². The largest absolute Gasteiger partial charge is 0.396 e. The zero-order valence-electron chi connectivity index (χ0n) is 10.1. The number of aromatic nitrogens is 1. The van der Waals surface area contributed by atoms with Crippen molar-refractivity contribution in [1.82, 2.24) is 4.98 Å². The van der Waals surface area contributed by atoms with E-state index in [-0.39, 0.29) is 4.90 Å². The van der Waals surface area contributed by atoms with Crippen LogP contribution >= 0.6 is 15.9 Å². The van der Waals surface area contributed by atoms with Crippen molar-refractivity contribution in [3.63, 3.8) is 0 Å². The minimum Gasteiger partial charge on any atom is -0.396 e. The molecule has 0 unspecified atom stereocenters. The number of anilines is 2. The predicted octanol–water partition coefficient (Wildman–Crippen LogP) is 2.25. The SMILES string of the molecule is CN(c1ccncc1N)S(=O)(=O)c1cccc(Br)c1. The van der Waals surface area contributed by atoms with Crippen molar-refractivity contribution in [1.29, 1.82) is 0 Å². The van der Waals surface area contributed by atoms with Crippen LogP contribution in [0.2, 0.25) is 0 Å². The first-order chi connectivity index (χ1) is 8.93. The smallest absolute Gasteiger partial charge is 0.264 e. The van der Waals surface area contributed by atoms with Gasteiger partial charge in [-0.2, -0.15) is 0 Å². The quantitative estimate of drug-likeness (QED) is 0.928. The molecule has 0 amide bonds. The number of nitrogen functional groups attached to an aromatic ring is 1. The third-order valence-electron chi connectivity index (χ3n) is 2.62. The molecule has 2 rings (SSSR count). The lowest BCUT2D eigenvalue weighted by molar-refractivity contribution is 0.594.